The molecule has 0 saturated heterocycles. The van der Waals surface area contributed by atoms with Crippen LogP contribution in [-0.2, 0) is 0 Å². The largest absolute Gasteiger partial charge is 0.230 e. The van der Waals surface area contributed by atoms with Gasteiger partial charge in [-0.3, -0.25) is 0 Å². The van der Waals surface area contributed by atoms with Crippen molar-refractivity contribution in [3.8, 4) is 0 Å². The summed E-state index contributed by atoms with van der Waals surface area (Å²) in [6, 6.07) is 1.72. The Balaban J connectivity index is 2.49. The van der Waals surface area contributed by atoms with Crippen LogP contribution in [0.25, 0.3) is 0 Å². The molecule has 0 bridgehead atoms. The summed E-state index contributed by atoms with van der Waals surface area (Å²) in [7, 11) is 2.32. The zero-order chi connectivity index (χ0) is 10.6. The van der Waals surface area contributed by atoms with Gasteiger partial charge in [-0.05, 0) is 27.7 Å². The lowest BCUT2D eigenvalue weighted by atomic mass is 10.7. The fraction of sp³-hybridized carbons (Fsp3) is 0.333. The lowest BCUT2D eigenvalue weighted by Gasteiger charge is -2.17. The van der Waals surface area contributed by atoms with E-state index in [0.29, 0.717) is 5.16 Å². The topological polar surface area (TPSA) is 25.8 Å². The number of aromatic nitrogens is 2. The van der Waals surface area contributed by atoms with E-state index in [9.17, 15) is 0 Å². The molecule has 1 aromatic heterocycles. The first-order chi connectivity index (χ1) is 6.52. The van der Waals surface area contributed by atoms with E-state index in [0.717, 1.165) is 10.8 Å². The van der Waals surface area contributed by atoms with Crippen molar-refractivity contribution in [2.45, 2.75) is 13.7 Å². The average molecular weight is 310 g/mol. The monoisotopic (exact) mass is 308 g/mol. The molecule has 0 aliphatic rings. The van der Waals surface area contributed by atoms with Crippen molar-refractivity contribution in [3.63, 3.8) is 0 Å². The van der Waals surface area contributed by atoms with E-state index < -0.39 is 8.50 Å². The van der Waals surface area contributed by atoms with Crippen molar-refractivity contribution in [2.75, 3.05) is 0 Å². The second kappa shape index (κ2) is 5.87. The molecule has 0 saturated carbocycles. The average Bonchev–Trinajstić information content (AvgIpc) is 2.16. The van der Waals surface area contributed by atoms with E-state index in [1.54, 1.807) is 18.5 Å². The highest BCUT2D eigenvalue weighted by Gasteiger charge is 2.33. The molecular weight excluding hydrogens is 306 g/mol. The molecule has 0 unspecified atom stereocenters. The maximum atomic E-state index is 5.81. The number of alkyl halides is 4. The Kier molecular flexibility index (Phi) is 5.45. The third-order valence-electron chi connectivity index (χ3n) is 1.02. The van der Waals surface area contributed by atoms with Crippen LogP contribution in [0.4, 0.5) is 0 Å². The van der Waals surface area contributed by atoms with Crippen LogP contribution in [0, 0.1) is 0 Å². The Morgan fingerprint density at radius 1 is 1.21 bits per heavy atom. The summed E-state index contributed by atoms with van der Waals surface area (Å²) < 4.78 is -1.27. The van der Waals surface area contributed by atoms with E-state index in [1.807, 2.05) is 0 Å². The summed E-state index contributed by atoms with van der Waals surface area (Å²) in [6.07, 6.45) is 3.25. The van der Waals surface area contributed by atoms with Gasteiger partial charge in [0.25, 0.3) is 0 Å². The van der Waals surface area contributed by atoms with Crippen molar-refractivity contribution in [3.05, 3.63) is 18.5 Å². The van der Waals surface area contributed by atoms with Gasteiger partial charge in [-0.15, -0.1) is 23.2 Å². The minimum atomic E-state index is -1.27. The number of halogens is 4. The molecule has 14 heavy (non-hydrogen) atoms. The third kappa shape index (κ3) is 4.21. The molecule has 2 nitrogen and oxygen atoms in total. The van der Waals surface area contributed by atoms with E-state index in [2.05, 4.69) is 9.97 Å². The maximum absolute atomic E-state index is 5.81. The van der Waals surface area contributed by atoms with Crippen LogP contribution in [0.5, 0.6) is 0 Å². The normalized spacial score (nSPS) is 12.1. The number of nitrogens with zero attached hydrogens (tertiary/aromatic N) is 2. The summed E-state index contributed by atoms with van der Waals surface area (Å²) in [5, 5.41) is 0.553. The fourth-order valence-corrected chi connectivity index (χ4v) is 3.18. The Hall–Kier alpha value is 0.940. The molecule has 0 spiro atoms. The Bertz CT molecular complexity index is 282. The molecule has 1 aromatic rings. The quantitative estimate of drug-likeness (QED) is 0.474. The van der Waals surface area contributed by atoms with Gasteiger partial charge in [-0.25, -0.2) is 9.97 Å². The number of hydrogen-bond donors (Lipinski definition) is 0. The Labute approximate surface area is 109 Å². The van der Waals surface area contributed by atoms with Gasteiger partial charge < -0.3 is 0 Å². The molecule has 1 heterocycles. The van der Waals surface area contributed by atoms with Crippen LogP contribution in [-0.4, -0.2) is 18.5 Å². The van der Waals surface area contributed by atoms with Crippen molar-refractivity contribution in [2.24, 2.45) is 0 Å². The lowest BCUT2D eigenvalue weighted by Crippen LogP contribution is -2.15. The summed E-state index contributed by atoms with van der Waals surface area (Å²) >= 11 is 22.7. The van der Waals surface area contributed by atoms with Crippen LogP contribution in [0.1, 0.15) is 0 Å². The van der Waals surface area contributed by atoms with Crippen molar-refractivity contribution < 1.29 is 0 Å². The maximum Gasteiger partial charge on any atom is 0.203 e. The molecule has 0 atom stereocenters. The molecule has 0 amide bonds. The summed E-state index contributed by atoms with van der Waals surface area (Å²) in [5.74, 6) is 0. The summed E-state index contributed by atoms with van der Waals surface area (Å²) in [5.41, 5.74) is 0. The van der Waals surface area contributed by atoms with E-state index in [-0.39, 0.29) is 0 Å². The first-order valence-corrected chi connectivity index (χ1v) is 7.09. The van der Waals surface area contributed by atoms with Crippen LogP contribution >= 0.6 is 68.0 Å². The van der Waals surface area contributed by atoms with E-state index in [4.69, 9.17) is 46.4 Å². The predicted molar refractivity (Wildman–Crippen MR) is 65.4 cm³/mol. The van der Waals surface area contributed by atoms with Gasteiger partial charge >= 0.3 is 0 Å². The van der Waals surface area contributed by atoms with Crippen molar-refractivity contribution in [1.82, 2.24) is 9.97 Å². The summed E-state index contributed by atoms with van der Waals surface area (Å²) in [4.78, 5) is 7.06. The molecule has 0 radical (unpaired) electrons. The smallest absolute Gasteiger partial charge is 0.203 e. The van der Waals surface area contributed by atoms with Crippen LogP contribution in [0.2, 0.25) is 0 Å². The third-order valence-corrected chi connectivity index (χ3v) is 6.22. The zero-order valence-electron chi connectivity index (χ0n) is 6.53. The van der Waals surface area contributed by atoms with Gasteiger partial charge in [0.1, 0.15) is 0 Å². The van der Waals surface area contributed by atoms with Gasteiger partial charge in [0.05, 0.1) is 0 Å². The Morgan fingerprint density at radius 3 is 2.29 bits per heavy atom. The lowest BCUT2D eigenvalue weighted by molar-refractivity contribution is 0.973. The molecule has 0 aliphatic carbocycles. The van der Waals surface area contributed by atoms with Crippen LogP contribution < -0.4 is 0 Å². The molecule has 8 heteroatoms. The summed E-state index contributed by atoms with van der Waals surface area (Å²) in [6.45, 7) is 0. The first-order valence-electron chi connectivity index (χ1n) is 3.31. The minimum absolute atomic E-state index is 0.553. The highest BCUT2D eigenvalue weighted by Crippen LogP contribution is 2.49. The SMILES string of the molecule is ClC(Cl)C(Cl)(Cl)SSc1ncccn1. The van der Waals surface area contributed by atoms with Gasteiger partial charge in [-0.2, -0.15) is 0 Å². The highest BCUT2D eigenvalue weighted by atomic mass is 35.5. The predicted octanol–water partition coefficient (Wildman–Crippen LogP) is 4.15. The first kappa shape index (κ1) is 13.0. The highest BCUT2D eigenvalue weighted by molar-refractivity contribution is 8.77. The van der Waals surface area contributed by atoms with Gasteiger partial charge in [0, 0.05) is 12.4 Å². The van der Waals surface area contributed by atoms with Gasteiger partial charge in [0.15, 0.2) is 9.99 Å². The molecular formula is C6H4Cl4N2S2. The van der Waals surface area contributed by atoms with Crippen LogP contribution in [0.3, 0.4) is 0 Å². The van der Waals surface area contributed by atoms with Gasteiger partial charge in [-0.1, -0.05) is 23.2 Å². The molecule has 0 aromatic carbocycles. The second-order valence-electron chi connectivity index (χ2n) is 2.06. The molecule has 0 aliphatic heterocycles. The van der Waals surface area contributed by atoms with Crippen molar-refractivity contribution in [1.29, 1.82) is 0 Å². The van der Waals surface area contributed by atoms with Crippen LogP contribution in [0.15, 0.2) is 23.6 Å². The molecule has 1 rings (SSSR count). The Morgan fingerprint density at radius 2 is 1.79 bits per heavy atom. The van der Waals surface area contributed by atoms with Gasteiger partial charge in [0.2, 0.25) is 3.67 Å². The minimum Gasteiger partial charge on any atom is -0.230 e. The number of hydrogen-bond acceptors (Lipinski definition) is 4. The van der Waals surface area contributed by atoms with Crippen molar-refractivity contribution >= 4 is 68.0 Å². The number of rotatable bonds is 4. The molecule has 0 N–H and O–H groups in total. The second-order valence-corrected chi connectivity index (χ2v) is 7.33. The van der Waals surface area contributed by atoms with E-state index >= 15 is 0 Å². The zero-order valence-corrected chi connectivity index (χ0v) is 11.2. The molecule has 78 valence electrons. The standard InChI is InChI=1S/C6H4Cl4N2S2/c7-4(8)6(9,10)14-13-5-11-2-1-3-12-5/h1-4H. The molecule has 0 fully saturated rings. The fourth-order valence-electron chi connectivity index (χ4n) is 0.458. The van der Waals surface area contributed by atoms with E-state index in [1.165, 1.54) is 10.8 Å².